The van der Waals surface area contributed by atoms with Gasteiger partial charge in [0.1, 0.15) is 5.75 Å². The first-order chi connectivity index (χ1) is 11.0. The van der Waals surface area contributed by atoms with Crippen molar-refractivity contribution in [3.63, 3.8) is 0 Å². The molecule has 0 fully saturated rings. The molecule has 3 N–H and O–H groups in total. The highest BCUT2D eigenvalue weighted by atomic mass is 32.1. The summed E-state index contributed by atoms with van der Waals surface area (Å²) in [7, 11) is 0. The minimum Gasteiger partial charge on any atom is -0.508 e. The number of hydrogen-bond acceptors (Lipinski definition) is 4. The van der Waals surface area contributed by atoms with E-state index in [9.17, 15) is 5.11 Å². The molecule has 0 aromatic heterocycles. The van der Waals surface area contributed by atoms with Gasteiger partial charge in [-0.15, -0.1) is 6.58 Å². The molecule has 0 aliphatic heterocycles. The van der Waals surface area contributed by atoms with Crippen LogP contribution in [0.2, 0.25) is 0 Å². The van der Waals surface area contributed by atoms with Crippen LogP contribution in [0.15, 0.2) is 36.0 Å². The molecular weight excluding hydrogens is 308 g/mol. The number of phenolic OH excluding ortho intramolecular Hbond substituents is 1. The molecule has 0 radical (unpaired) electrons. The van der Waals surface area contributed by atoms with Gasteiger partial charge in [-0.3, -0.25) is 10.3 Å². The Balaban J connectivity index is 2.83. The van der Waals surface area contributed by atoms with Crippen LogP contribution in [-0.4, -0.2) is 40.5 Å². The fourth-order valence-corrected chi connectivity index (χ4v) is 2.16. The topological polar surface area (TPSA) is 59.9 Å². The molecule has 23 heavy (non-hydrogen) atoms. The van der Waals surface area contributed by atoms with E-state index in [0.717, 1.165) is 29.9 Å². The molecule has 1 aromatic rings. The standard InChI is InChI=1S/C17H26N4OS/c1-5-10-18-17(23)20-19-13(4)14-8-9-16(22)15(11-14)12-21(6-2)7-3/h5,8-9,11,22H,1,6-7,10,12H2,2-4H3,(H2,18,20,23)/b19-13+. The van der Waals surface area contributed by atoms with Crippen molar-refractivity contribution in [2.45, 2.75) is 27.3 Å². The molecule has 0 aliphatic rings. The Morgan fingerprint density at radius 3 is 2.70 bits per heavy atom. The second kappa shape index (κ2) is 9.97. The number of nitrogens with one attached hydrogen (secondary N) is 2. The van der Waals surface area contributed by atoms with E-state index in [0.29, 0.717) is 24.0 Å². The third-order valence-corrected chi connectivity index (χ3v) is 3.75. The van der Waals surface area contributed by atoms with Crippen molar-refractivity contribution in [2.75, 3.05) is 19.6 Å². The number of hydrogen-bond donors (Lipinski definition) is 3. The summed E-state index contributed by atoms with van der Waals surface area (Å²) in [6, 6.07) is 5.53. The zero-order valence-electron chi connectivity index (χ0n) is 14.1. The summed E-state index contributed by atoms with van der Waals surface area (Å²) < 4.78 is 0. The van der Waals surface area contributed by atoms with E-state index in [1.165, 1.54) is 0 Å². The van der Waals surface area contributed by atoms with Crippen molar-refractivity contribution >= 4 is 23.0 Å². The molecule has 0 saturated heterocycles. The average molecular weight is 334 g/mol. The van der Waals surface area contributed by atoms with Gasteiger partial charge < -0.3 is 10.4 Å². The third kappa shape index (κ3) is 6.38. The lowest BCUT2D eigenvalue weighted by Gasteiger charge is -2.19. The van der Waals surface area contributed by atoms with Gasteiger partial charge in [-0.05, 0) is 56.0 Å². The Hall–Kier alpha value is -1.92. The number of benzene rings is 1. The molecule has 0 unspecified atom stereocenters. The van der Waals surface area contributed by atoms with E-state index in [2.05, 4.69) is 41.2 Å². The monoisotopic (exact) mass is 334 g/mol. The van der Waals surface area contributed by atoms with Gasteiger partial charge in [-0.25, -0.2) is 0 Å². The maximum atomic E-state index is 10.0. The predicted molar refractivity (Wildman–Crippen MR) is 101 cm³/mol. The number of rotatable bonds is 8. The molecular formula is C17H26N4OS. The van der Waals surface area contributed by atoms with E-state index < -0.39 is 0 Å². The van der Waals surface area contributed by atoms with Crippen molar-refractivity contribution in [1.29, 1.82) is 0 Å². The Labute approximate surface area is 144 Å². The second-order valence-electron chi connectivity index (χ2n) is 5.11. The summed E-state index contributed by atoms with van der Waals surface area (Å²) in [5.41, 5.74) is 5.44. The zero-order chi connectivity index (χ0) is 17.2. The number of aromatic hydroxyl groups is 1. The van der Waals surface area contributed by atoms with Gasteiger partial charge in [0.25, 0.3) is 0 Å². The molecule has 126 valence electrons. The van der Waals surface area contributed by atoms with Gasteiger partial charge >= 0.3 is 0 Å². The summed E-state index contributed by atoms with van der Waals surface area (Å²) in [6.45, 7) is 12.9. The number of thiocarbonyl (C=S) groups is 1. The van der Waals surface area contributed by atoms with Gasteiger partial charge in [0.05, 0.1) is 5.71 Å². The molecule has 0 spiro atoms. The van der Waals surface area contributed by atoms with Crippen LogP contribution in [-0.2, 0) is 6.54 Å². The van der Waals surface area contributed by atoms with Crippen molar-refractivity contribution in [3.05, 3.63) is 42.0 Å². The molecule has 0 aliphatic carbocycles. The van der Waals surface area contributed by atoms with Crippen LogP contribution in [0.1, 0.15) is 31.9 Å². The maximum Gasteiger partial charge on any atom is 0.187 e. The Kier molecular flexibility index (Phi) is 8.29. The zero-order valence-corrected chi connectivity index (χ0v) is 14.9. The molecule has 0 heterocycles. The van der Waals surface area contributed by atoms with Gasteiger partial charge in [-0.2, -0.15) is 5.10 Å². The summed E-state index contributed by atoms with van der Waals surface area (Å²) in [5.74, 6) is 0.310. The summed E-state index contributed by atoms with van der Waals surface area (Å²) >= 11 is 5.10. The third-order valence-electron chi connectivity index (χ3n) is 3.52. The largest absolute Gasteiger partial charge is 0.508 e. The van der Waals surface area contributed by atoms with Gasteiger partial charge in [0.2, 0.25) is 0 Å². The minimum atomic E-state index is 0.310. The number of nitrogens with zero attached hydrogens (tertiary/aromatic N) is 2. The second-order valence-corrected chi connectivity index (χ2v) is 5.52. The summed E-state index contributed by atoms with van der Waals surface area (Å²) in [4.78, 5) is 2.25. The van der Waals surface area contributed by atoms with Crippen LogP contribution in [0, 0.1) is 0 Å². The number of phenols is 1. The van der Waals surface area contributed by atoms with E-state index in [4.69, 9.17) is 12.2 Å². The molecule has 1 rings (SSSR count). The predicted octanol–water partition coefficient (Wildman–Crippen LogP) is 2.61. The highest BCUT2D eigenvalue weighted by molar-refractivity contribution is 7.80. The SMILES string of the molecule is C=CCNC(=S)N/N=C(\C)c1ccc(O)c(CN(CC)CC)c1. The fourth-order valence-electron chi connectivity index (χ4n) is 2.03. The van der Waals surface area contributed by atoms with E-state index in [-0.39, 0.29) is 0 Å². The van der Waals surface area contributed by atoms with E-state index in [1.807, 2.05) is 19.1 Å². The Bertz CT molecular complexity index is 568. The van der Waals surface area contributed by atoms with Crippen molar-refractivity contribution in [3.8, 4) is 5.75 Å². The van der Waals surface area contributed by atoms with E-state index >= 15 is 0 Å². The Morgan fingerprint density at radius 1 is 1.39 bits per heavy atom. The first kappa shape index (κ1) is 19.1. The lowest BCUT2D eigenvalue weighted by molar-refractivity contribution is 0.291. The molecule has 0 amide bonds. The van der Waals surface area contributed by atoms with Gasteiger partial charge in [0, 0.05) is 18.7 Å². The highest BCUT2D eigenvalue weighted by Crippen LogP contribution is 2.20. The molecule has 0 saturated carbocycles. The summed E-state index contributed by atoms with van der Waals surface area (Å²) in [5, 5.41) is 17.7. The van der Waals surface area contributed by atoms with Gasteiger partial charge in [0.15, 0.2) is 5.11 Å². The van der Waals surface area contributed by atoms with Crippen LogP contribution in [0.5, 0.6) is 5.75 Å². The summed E-state index contributed by atoms with van der Waals surface area (Å²) in [6.07, 6.45) is 1.73. The minimum absolute atomic E-state index is 0.310. The quantitative estimate of drug-likeness (QED) is 0.295. The van der Waals surface area contributed by atoms with Crippen molar-refractivity contribution in [2.24, 2.45) is 5.10 Å². The fraction of sp³-hybridized carbons (Fsp3) is 0.412. The van der Waals surface area contributed by atoms with Crippen LogP contribution < -0.4 is 10.7 Å². The smallest absolute Gasteiger partial charge is 0.187 e. The maximum absolute atomic E-state index is 10.0. The lowest BCUT2D eigenvalue weighted by Crippen LogP contribution is -2.32. The van der Waals surface area contributed by atoms with Gasteiger partial charge in [-0.1, -0.05) is 19.9 Å². The van der Waals surface area contributed by atoms with Crippen LogP contribution in [0.3, 0.4) is 0 Å². The molecule has 6 heteroatoms. The Morgan fingerprint density at radius 2 is 2.09 bits per heavy atom. The highest BCUT2D eigenvalue weighted by Gasteiger charge is 2.08. The molecule has 0 bridgehead atoms. The first-order valence-electron chi connectivity index (χ1n) is 7.75. The van der Waals surface area contributed by atoms with Crippen molar-refractivity contribution in [1.82, 2.24) is 15.6 Å². The lowest BCUT2D eigenvalue weighted by atomic mass is 10.1. The molecule has 0 atom stereocenters. The first-order valence-corrected chi connectivity index (χ1v) is 8.16. The molecule has 5 nitrogen and oxygen atoms in total. The van der Waals surface area contributed by atoms with Crippen LogP contribution in [0.25, 0.3) is 0 Å². The normalized spacial score (nSPS) is 11.4. The van der Waals surface area contributed by atoms with E-state index in [1.54, 1.807) is 12.1 Å². The number of hydrazone groups is 1. The van der Waals surface area contributed by atoms with Crippen LogP contribution >= 0.6 is 12.2 Å². The van der Waals surface area contributed by atoms with Crippen molar-refractivity contribution < 1.29 is 5.11 Å². The molecule has 1 aromatic carbocycles. The average Bonchev–Trinajstić information content (AvgIpc) is 2.56. The van der Waals surface area contributed by atoms with Crippen LogP contribution in [0.4, 0.5) is 0 Å².